The van der Waals surface area contributed by atoms with Crippen LogP contribution in [0.4, 0.5) is 0 Å². The lowest BCUT2D eigenvalue weighted by Gasteiger charge is -2.27. The number of rotatable bonds is 5. The molecule has 0 saturated carbocycles. The van der Waals surface area contributed by atoms with Crippen LogP contribution in [0.1, 0.15) is 26.3 Å². The van der Waals surface area contributed by atoms with Gasteiger partial charge in [-0.05, 0) is 26.5 Å². The van der Waals surface area contributed by atoms with E-state index in [0.29, 0.717) is 6.54 Å². The summed E-state index contributed by atoms with van der Waals surface area (Å²) < 4.78 is 5.00. The molecule has 1 aromatic heterocycles. The van der Waals surface area contributed by atoms with Crippen LogP contribution < -0.4 is 0 Å². The molecule has 0 aromatic carbocycles. The summed E-state index contributed by atoms with van der Waals surface area (Å²) in [6, 6.07) is 1.95. The number of nitrogens with zero attached hydrogens (tertiary/aromatic N) is 1. The van der Waals surface area contributed by atoms with Gasteiger partial charge in [0.05, 0.1) is 18.1 Å². The van der Waals surface area contributed by atoms with E-state index in [4.69, 9.17) is 4.42 Å². The van der Waals surface area contributed by atoms with Gasteiger partial charge in [0, 0.05) is 18.7 Å². The molecule has 1 aromatic rings. The van der Waals surface area contributed by atoms with Gasteiger partial charge in [-0.15, -0.1) is 0 Å². The largest absolute Gasteiger partial charge is 0.472 e. The fraction of sp³-hybridized carbons (Fsp3) is 0.636. The fourth-order valence-electron chi connectivity index (χ4n) is 1.47. The first kappa shape index (κ1) is 11.3. The second-order valence-electron chi connectivity index (χ2n) is 4.25. The Kier molecular flexibility index (Phi) is 3.72. The highest BCUT2D eigenvalue weighted by atomic mass is 16.3. The summed E-state index contributed by atoms with van der Waals surface area (Å²) in [7, 11) is 0. The molecule has 3 heteroatoms. The Hall–Kier alpha value is -0.800. The van der Waals surface area contributed by atoms with E-state index in [9.17, 15) is 5.11 Å². The predicted octanol–water partition coefficient (Wildman–Crippen LogP) is 1.87. The first-order valence-corrected chi connectivity index (χ1v) is 4.97. The molecular weight excluding hydrogens is 178 g/mol. The van der Waals surface area contributed by atoms with Crippen LogP contribution in [0.2, 0.25) is 0 Å². The Balaban J connectivity index is 2.47. The van der Waals surface area contributed by atoms with E-state index in [1.807, 2.05) is 19.9 Å². The maximum Gasteiger partial charge on any atom is 0.0947 e. The summed E-state index contributed by atoms with van der Waals surface area (Å²) in [4.78, 5) is 2.19. The van der Waals surface area contributed by atoms with E-state index in [1.165, 1.54) is 0 Å². The maximum absolute atomic E-state index is 9.68. The summed E-state index contributed by atoms with van der Waals surface area (Å²) in [5.41, 5.74) is 0.510. The number of hydrogen-bond donors (Lipinski definition) is 1. The van der Waals surface area contributed by atoms with Crippen LogP contribution in [0.3, 0.4) is 0 Å². The van der Waals surface area contributed by atoms with Crippen molar-refractivity contribution in [3.63, 3.8) is 0 Å². The molecule has 80 valence electrons. The summed E-state index contributed by atoms with van der Waals surface area (Å²) >= 11 is 0. The summed E-state index contributed by atoms with van der Waals surface area (Å²) in [5, 5.41) is 9.68. The van der Waals surface area contributed by atoms with Gasteiger partial charge in [-0.2, -0.15) is 0 Å². The zero-order chi connectivity index (χ0) is 10.6. The molecule has 0 saturated heterocycles. The molecule has 0 bridgehead atoms. The van der Waals surface area contributed by atoms with E-state index in [-0.39, 0.29) is 0 Å². The summed E-state index contributed by atoms with van der Waals surface area (Å²) in [6.45, 7) is 8.17. The normalized spacial score (nSPS) is 12.4. The van der Waals surface area contributed by atoms with Crippen molar-refractivity contribution < 1.29 is 9.52 Å². The molecule has 0 aliphatic carbocycles. The Morgan fingerprint density at radius 1 is 1.50 bits per heavy atom. The molecule has 0 spiro atoms. The number of furan rings is 1. The Morgan fingerprint density at radius 3 is 2.64 bits per heavy atom. The van der Waals surface area contributed by atoms with Crippen molar-refractivity contribution in [2.45, 2.75) is 32.9 Å². The number of aliphatic hydroxyl groups is 1. The lowest BCUT2D eigenvalue weighted by Crippen LogP contribution is -2.38. The molecule has 0 fully saturated rings. The topological polar surface area (TPSA) is 36.6 Å². The second-order valence-corrected chi connectivity index (χ2v) is 4.25. The molecule has 0 aliphatic rings. The van der Waals surface area contributed by atoms with Gasteiger partial charge < -0.3 is 9.52 Å². The van der Waals surface area contributed by atoms with Crippen molar-refractivity contribution >= 4 is 0 Å². The van der Waals surface area contributed by atoms with E-state index in [2.05, 4.69) is 11.8 Å². The van der Waals surface area contributed by atoms with Gasteiger partial charge in [0.25, 0.3) is 0 Å². The van der Waals surface area contributed by atoms with Crippen LogP contribution in [0.5, 0.6) is 0 Å². The van der Waals surface area contributed by atoms with Crippen LogP contribution in [0.15, 0.2) is 23.0 Å². The third-order valence-corrected chi connectivity index (χ3v) is 2.04. The molecule has 1 rings (SSSR count). The van der Waals surface area contributed by atoms with Gasteiger partial charge in [-0.3, -0.25) is 4.90 Å². The lowest BCUT2D eigenvalue weighted by molar-refractivity contribution is 0.0353. The van der Waals surface area contributed by atoms with E-state index in [0.717, 1.165) is 18.7 Å². The molecule has 14 heavy (non-hydrogen) atoms. The van der Waals surface area contributed by atoms with Crippen LogP contribution >= 0.6 is 0 Å². The van der Waals surface area contributed by atoms with Crippen molar-refractivity contribution in [1.29, 1.82) is 0 Å². The van der Waals surface area contributed by atoms with Crippen molar-refractivity contribution in [2.24, 2.45) is 0 Å². The standard InChI is InChI=1S/C11H19NO2/c1-4-12(9-11(2,3)13)7-10-5-6-14-8-10/h5-6,8,13H,4,7,9H2,1-3H3. The van der Waals surface area contributed by atoms with Gasteiger partial charge in [-0.1, -0.05) is 6.92 Å². The highest BCUT2D eigenvalue weighted by molar-refractivity contribution is 5.04. The fourth-order valence-corrected chi connectivity index (χ4v) is 1.47. The Bertz CT molecular complexity index is 249. The van der Waals surface area contributed by atoms with Gasteiger partial charge in [0.2, 0.25) is 0 Å². The smallest absolute Gasteiger partial charge is 0.0947 e. The molecule has 3 nitrogen and oxygen atoms in total. The van der Waals surface area contributed by atoms with Gasteiger partial charge in [0.15, 0.2) is 0 Å². The monoisotopic (exact) mass is 197 g/mol. The van der Waals surface area contributed by atoms with E-state index in [1.54, 1.807) is 12.5 Å². The van der Waals surface area contributed by atoms with Gasteiger partial charge in [0.1, 0.15) is 0 Å². The first-order valence-electron chi connectivity index (χ1n) is 4.97. The van der Waals surface area contributed by atoms with Crippen molar-refractivity contribution in [2.75, 3.05) is 13.1 Å². The second kappa shape index (κ2) is 4.62. The number of hydrogen-bond acceptors (Lipinski definition) is 3. The average Bonchev–Trinajstić information content (AvgIpc) is 2.53. The van der Waals surface area contributed by atoms with E-state index >= 15 is 0 Å². The Labute approximate surface area is 85.3 Å². The molecule has 0 atom stereocenters. The van der Waals surface area contributed by atoms with Gasteiger partial charge in [-0.25, -0.2) is 0 Å². The number of likely N-dealkylation sites (N-methyl/N-ethyl adjacent to an activating group) is 1. The molecule has 1 heterocycles. The molecule has 0 unspecified atom stereocenters. The van der Waals surface area contributed by atoms with Crippen LogP contribution in [-0.2, 0) is 6.54 Å². The Morgan fingerprint density at radius 2 is 2.21 bits per heavy atom. The minimum absolute atomic E-state index is 0.639. The predicted molar refractivity (Wildman–Crippen MR) is 56.0 cm³/mol. The quantitative estimate of drug-likeness (QED) is 0.783. The molecule has 0 radical (unpaired) electrons. The van der Waals surface area contributed by atoms with Crippen molar-refractivity contribution in [3.05, 3.63) is 24.2 Å². The zero-order valence-electron chi connectivity index (χ0n) is 9.16. The average molecular weight is 197 g/mol. The molecule has 1 N–H and O–H groups in total. The SMILES string of the molecule is CCN(Cc1ccoc1)CC(C)(C)O. The molecular formula is C11H19NO2. The zero-order valence-corrected chi connectivity index (χ0v) is 9.16. The van der Waals surface area contributed by atoms with E-state index < -0.39 is 5.60 Å². The van der Waals surface area contributed by atoms with Crippen molar-refractivity contribution in [3.8, 4) is 0 Å². The third kappa shape index (κ3) is 3.94. The minimum Gasteiger partial charge on any atom is -0.472 e. The van der Waals surface area contributed by atoms with Crippen LogP contribution in [-0.4, -0.2) is 28.7 Å². The van der Waals surface area contributed by atoms with Crippen LogP contribution in [0.25, 0.3) is 0 Å². The molecule has 0 aliphatic heterocycles. The minimum atomic E-state index is -0.639. The highest BCUT2D eigenvalue weighted by Crippen LogP contribution is 2.09. The van der Waals surface area contributed by atoms with Crippen molar-refractivity contribution in [1.82, 2.24) is 4.90 Å². The van der Waals surface area contributed by atoms with Crippen LogP contribution in [0, 0.1) is 0 Å². The van der Waals surface area contributed by atoms with Gasteiger partial charge >= 0.3 is 0 Å². The third-order valence-electron chi connectivity index (χ3n) is 2.04. The lowest BCUT2D eigenvalue weighted by atomic mass is 10.1. The maximum atomic E-state index is 9.68. The molecule has 0 amide bonds. The summed E-state index contributed by atoms with van der Waals surface area (Å²) in [6.07, 6.45) is 3.42. The highest BCUT2D eigenvalue weighted by Gasteiger charge is 2.17. The first-order chi connectivity index (χ1) is 6.51. The summed E-state index contributed by atoms with van der Waals surface area (Å²) in [5.74, 6) is 0.